The van der Waals surface area contributed by atoms with Crippen molar-refractivity contribution >= 4 is 39.1 Å². The molecule has 0 unspecified atom stereocenters. The van der Waals surface area contributed by atoms with Crippen molar-refractivity contribution in [2.45, 2.75) is 46.2 Å². The Kier molecular flexibility index (Phi) is 9.44. The number of fused-ring (bicyclic) bond motifs is 1. The second-order valence-corrected chi connectivity index (χ2v) is 10.9. The fraction of sp³-hybridized carbons (Fsp3) is 0.440. The third-order valence-corrected chi connectivity index (χ3v) is 7.82. The van der Waals surface area contributed by atoms with Crippen LogP contribution < -0.4 is 19.1 Å². The largest absolute Gasteiger partial charge is 0.454 e. The molecule has 1 aliphatic rings. The first-order chi connectivity index (χ1) is 17.2. The molecule has 1 heterocycles. The summed E-state index contributed by atoms with van der Waals surface area (Å²) in [6.45, 7) is 5.44. The third-order valence-electron chi connectivity index (χ3n) is 5.82. The van der Waals surface area contributed by atoms with Gasteiger partial charge in [0.1, 0.15) is 12.6 Å². The Hall–Kier alpha value is -2.98. The second-order valence-electron chi connectivity index (χ2n) is 8.31. The Balaban J connectivity index is 1.95. The Labute approximate surface area is 217 Å². The molecule has 0 radical (unpaired) electrons. The van der Waals surface area contributed by atoms with E-state index in [4.69, 9.17) is 21.1 Å². The van der Waals surface area contributed by atoms with Crippen LogP contribution in [-0.4, -0.2) is 56.8 Å². The van der Waals surface area contributed by atoms with Crippen molar-refractivity contribution in [1.82, 2.24) is 10.2 Å². The molecule has 0 aromatic heterocycles. The lowest BCUT2D eigenvalue weighted by atomic mass is 10.1. The molecule has 2 aromatic rings. The number of carbonyl (C=O) groups is 2. The SMILES string of the molecule is CCCNC(=O)[C@H](CC)N(Cc1ccc(Cl)cc1)C(=O)CN(c1ccc2c(c1)OCO2)S(=O)(=O)CC. The molecule has 0 aliphatic carbocycles. The summed E-state index contributed by atoms with van der Waals surface area (Å²) in [6.07, 6.45) is 1.11. The summed E-state index contributed by atoms with van der Waals surface area (Å²) in [6, 6.07) is 10.9. The van der Waals surface area contributed by atoms with E-state index >= 15 is 0 Å². The van der Waals surface area contributed by atoms with Crippen LogP contribution in [0.25, 0.3) is 0 Å². The van der Waals surface area contributed by atoms with Crippen molar-refractivity contribution < 1.29 is 27.5 Å². The molecule has 0 saturated heterocycles. The molecule has 9 nitrogen and oxygen atoms in total. The number of benzene rings is 2. The lowest BCUT2D eigenvalue weighted by Crippen LogP contribution is -2.52. The average molecular weight is 538 g/mol. The minimum absolute atomic E-state index is 0.0398. The van der Waals surface area contributed by atoms with Gasteiger partial charge >= 0.3 is 0 Å². The number of sulfonamides is 1. The third kappa shape index (κ3) is 6.61. The predicted molar refractivity (Wildman–Crippen MR) is 139 cm³/mol. The zero-order valence-corrected chi connectivity index (χ0v) is 22.3. The zero-order valence-electron chi connectivity index (χ0n) is 20.7. The number of hydrogen-bond acceptors (Lipinski definition) is 6. The topological polar surface area (TPSA) is 105 Å². The predicted octanol–water partition coefficient (Wildman–Crippen LogP) is 3.56. The van der Waals surface area contributed by atoms with Crippen LogP contribution in [0.4, 0.5) is 5.69 Å². The van der Waals surface area contributed by atoms with Gasteiger partial charge in [-0.05, 0) is 49.6 Å². The summed E-state index contributed by atoms with van der Waals surface area (Å²) in [5.74, 6) is -0.0885. The maximum absolute atomic E-state index is 13.7. The number of nitrogens with zero attached hydrogens (tertiary/aromatic N) is 2. The number of ether oxygens (including phenoxy) is 2. The van der Waals surface area contributed by atoms with Gasteiger partial charge in [0, 0.05) is 24.2 Å². The molecular weight excluding hydrogens is 506 g/mol. The summed E-state index contributed by atoms with van der Waals surface area (Å²) in [4.78, 5) is 28.1. The Morgan fingerprint density at radius 3 is 2.39 bits per heavy atom. The molecule has 1 N–H and O–H groups in total. The number of carbonyl (C=O) groups excluding carboxylic acids is 2. The van der Waals surface area contributed by atoms with Crippen molar-refractivity contribution in [3.63, 3.8) is 0 Å². The van der Waals surface area contributed by atoms with Crippen molar-refractivity contribution in [3.8, 4) is 11.5 Å². The monoisotopic (exact) mass is 537 g/mol. The second kappa shape index (κ2) is 12.3. The number of nitrogens with one attached hydrogen (secondary N) is 1. The van der Waals surface area contributed by atoms with Gasteiger partial charge < -0.3 is 19.7 Å². The minimum atomic E-state index is -3.83. The highest BCUT2D eigenvalue weighted by Gasteiger charge is 2.33. The van der Waals surface area contributed by atoms with Crippen molar-refractivity contribution in [1.29, 1.82) is 0 Å². The lowest BCUT2D eigenvalue weighted by Gasteiger charge is -2.33. The molecule has 0 spiro atoms. The molecule has 3 rings (SSSR count). The number of halogens is 1. The van der Waals surface area contributed by atoms with Gasteiger partial charge in [0.2, 0.25) is 28.6 Å². The Morgan fingerprint density at radius 1 is 1.06 bits per heavy atom. The van der Waals surface area contributed by atoms with E-state index in [1.165, 1.54) is 17.9 Å². The van der Waals surface area contributed by atoms with E-state index in [1.54, 1.807) is 36.4 Å². The van der Waals surface area contributed by atoms with Crippen molar-refractivity contribution in [2.24, 2.45) is 0 Å². The summed E-state index contributed by atoms with van der Waals surface area (Å²) >= 11 is 6.01. The van der Waals surface area contributed by atoms with Crippen LogP contribution in [0.5, 0.6) is 11.5 Å². The first-order valence-corrected chi connectivity index (χ1v) is 13.9. The van der Waals surface area contributed by atoms with Crippen molar-refractivity contribution in [3.05, 3.63) is 53.1 Å². The summed E-state index contributed by atoms with van der Waals surface area (Å²) in [5.41, 5.74) is 1.05. The van der Waals surface area contributed by atoms with Gasteiger partial charge in [0.25, 0.3) is 0 Å². The molecule has 1 aliphatic heterocycles. The summed E-state index contributed by atoms with van der Waals surface area (Å²) in [5, 5.41) is 3.40. The maximum atomic E-state index is 13.7. The van der Waals surface area contributed by atoms with Crippen LogP contribution in [0.2, 0.25) is 5.02 Å². The minimum Gasteiger partial charge on any atom is -0.454 e. The average Bonchev–Trinajstić information content (AvgIpc) is 3.34. The first-order valence-electron chi connectivity index (χ1n) is 11.9. The van der Waals surface area contributed by atoms with Gasteiger partial charge in [-0.25, -0.2) is 8.42 Å². The standard InChI is InChI=1S/C25H32ClN3O6S/c1-4-13-27-25(31)21(5-2)28(15-18-7-9-19(26)10-8-18)24(30)16-29(36(32,33)6-3)20-11-12-22-23(14-20)35-17-34-22/h7-12,14,21H,4-6,13,15-17H2,1-3H3,(H,27,31)/t21-/m0/s1. The molecule has 2 aromatic carbocycles. The summed E-state index contributed by atoms with van der Waals surface area (Å²) in [7, 11) is -3.83. The normalized spacial score (nSPS) is 13.2. The van der Waals surface area contributed by atoms with Crippen LogP contribution >= 0.6 is 11.6 Å². The molecule has 0 saturated carbocycles. The fourth-order valence-electron chi connectivity index (χ4n) is 3.83. The van der Waals surface area contributed by atoms with Gasteiger partial charge in [-0.1, -0.05) is 37.6 Å². The van der Waals surface area contributed by atoms with Gasteiger partial charge in [-0.3, -0.25) is 13.9 Å². The van der Waals surface area contributed by atoms with Gasteiger partial charge in [0.05, 0.1) is 11.4 Å². The molecule has 11 heteroatoms. The smallest absolute Gasteiger partial charge is 0.244 e. The molecule has 0 fully saturated rings. The highest BCUT2D eigenvalue weighted by Crippen LogP contribution is 2.36. The van der Waals surface area contributed by atoms with E-state index in [2.05, 4.69) is 5.32 Å². The van der Waals surface area contributed by atoms with Gasteiger partial charge in [-0.15, -0.1) is 0 Å². The fourth-order valence-corrected chi connectivity index (χ4v) is 5.01. The molecule has 0 bridgehead atoms. The van der Waals surface area contributed by atoms with Gasteiger partial charge in [0.15, 0.2) is 11.5 Å². The summed E-state index contributed by atoms with van der Waals surface area (Å²) < 4.78 is 37.9. The van der Waals surface area contributed by atoms with E-state index in [0.717, 1.165) is 16.3 Å². The number of amides is 2. The molecule has 196 valence electrons. The molecule has 1 atom stereocenters. The Morgan fingerprint density at radius 2 is 1.75 bits per heavy atom. The van der Waals surface area contributed by atoms with Crippen LogP contribution in [0, 0.1) is 0 Å². The Bertz CT molecular complexity index is 1170. The first kappa shape index (κ1) is 27.6. The maximum Gasteiger partial charge on any atom is 0.244 e. The van der Waals surface area contributed by atoms with E-state index < -0.39 is 28.5 Å². The van der Waals surface area contributed by atoms with Crippen LogP contribution in [-0.2, 0) is 26.2 Å². The van der Waals surface area contributed by atoms with E-state index in [9.17, 15) is 18.0 Å². The van der Waals surface area contributed by atoms with Crippen molar-refractivity contribution in [2.75, 3.05) is 29.9 Å². The van der Waals surface area contributed by atoms with Gasteiger partial charge in [-0.2, -0.15) is 0 Å². The number of hydrogen-bond donors (Lipinski definition) is 1. The number of anilines is 1. The van der Waals surface area contributed by atoms with Crippen LogP contribution in [0.3, 0.4) is 0 Å². The van der Waals surface area contributed by atoms with Crippen LogP contribution in [0.15, 0.2) is 42.5 Å². The van der Waals surface area contributed by atoms with Crippen LogP contribution in [0.1, 0.15) is 39.2 Å². The highest BCUT2D eigenvalue weighted by atomic mass is 35.5. The van der Waals surface area contributed by atoms with E-state index in [1.807, 2.05) is 13.8 Å². The van der Waals surface area contributed by atoms with E-state index in [-0.39, 0.29) is 30.7 Å². The molecule has 2 amide bonds. The highest BCUT2D eigenvalue weighted by molar-refractivity contribution is 7.92. The molecular formula is C25H32ClN3O6S. The van der Waals surface area contributed by atoms with E-state index in [0.29, 0.717) is 29.5 Å². The number of rotatable bonds is 12. The quantitative estimate of drug-likeness (QED) is 0.444. The lowest BCUT2D eigenvalue weighted by molar-refractivity contribution is -0.140. The zero-order chi connectivity index (χ0) is 26.3. The molecule has 36 heavy (non-hydrogen) atoms.